The van der Waals surface area contributed by atoms with Crippen molar-refractivity contribution in [2.24, 2.45) is 17.8 Å². The van der Waals surface area contributed by atoms with Crippen LogP contribution in [0.2, 0.25) is 0 Å². The van der Waals surface area contributed by atoms with E-state index in [4.69, 9.17) is 4.74 Å². The molecule has 0 aliphatic carbocycles. The number of hydrogen-bond acceptors (Lipinski definition) is 3. The summed E-state index contributed by atoms with van der Waals surface area (Å²) in [7, 11) is 0. The zero-order valence-electron chi connectivity index (χ0n) is 11.2. The molecule has 3 heteroatoms. The first kappa shape index (κ1) is 11.9. The third-order valence-corrected chi connectivity index (χ3v) is 5.25. The molecule has 0 aromatic heterocycles. The van der Waals surface area contributed by atoms with Crippen molar-refractivity contribution in [1.29, 1.82) is 0 Å². The van der Waals surface area contributed by atoms with Crippen LogP contribution in [0.3, 0.4) is 0 Å². The lowest BCUT2D eigenvalue weighted by Gasteiger charge is -2.38. The van der Waals surface area contributed by atoms with E-state index < -0.39 is 0 Å². The Morgan fingerprint density at radius 3 is 2.94 bits per heavy atom. The maximum Gasteiger partial charge on any atom is 0.0506 e. The average Bonchev–Trinajstić information content (AvgIpc) is 2.85. The van der Waals surface area contributed by atoms with E-state index in [1.54, 1.807) is 0 Å². The highest BCUT2D eigenvalue weighted by molar-refractivity contribution is 5.04. The summed E-state index contributed by atoms with van der Waals surface area (Å²) in [5.74, 6) is 2.51. The normalized spacial score (nSPS) is 41.6. The summed E-state index contributed by atoms with van der Waals surface area (Å²) in [5.41, 5.74) is 0.381. The molecule has 3 atom stereocenters. The number of likely N-dealkylation sites (tertiary alicyclic amines) is 1. The van der Waals surface area contributed by atoms with Gasteiger partial charge in [-0.15, -0.1) is 0 Å². The van der Waals surface area contributed by atoms with Crippen molar-refractivity contribution >= 4 is 0 Å². The van der Waals surface area contributed by atoms with Crippen molar-refractivity contribution in [2.75, 3.05) is 39.4 Å². The molecule has 98 valence electrons. The van der Waals surface area contributed by atoms with Gasteiger partial charge in [0.05, 0.1) is 6.61 Å². The predicted octanol–water partition coefficient (Wildman–Crippen LogP) is 1.34. The molecule has 0 aromatic rings. The molecule has 0 radical (unpaired) electrons. The predicted molar refractivity (Wildman–Crippen MR) is 69.0 cm³/mol. The number of ether oxygens (including phenoxy) is 1. The highest BCUT2D eigenvalue weighted by Gasteiger charge is 2.49. The van der Waals surface area contributed by atoms with Gasteiger partial charge in [-0.05, 0) is 51.0 Å². The van der Waals surface area contributed by atoms with Gasteiger partial charge >= 0.3 is 0 Å². The van der Waals surface area contributed by atoms with Gasteiger partial charge in [0.2, 0.25) is 0 Å². The van der Waals surface area contributed by atoms with Crippen molar-refractivity contribution in [3.05, 3.63) is 0 Å². The number of fused-ring (bicyclic) bond motifs is 1. The summed E-state index contributed by atoms with van der Waals surface area (Å²) in [6.45, 7) is 11.8. The molecule has 3 unspecified atom stereocenters. The second-order valence-electron chi connectivity index (χ2n) is 6.67. The van der Waals surface area contributed by atoms with Gasteiger partial charge in [0.1, 0.15) is 0 Å². The van der Waals surface area contributed by atoms with Gasteiger partial charge in [0.25, 0.3) is 0 Å². The van der Waals surface area contributed by atoms with Gasteiger partial charge in [0, 0.05) is 31.8 Å². The van der Waals surface area contributed by atoms with Crippen LogP contribution in [0.25, 0.3) is 0 Å². The molecule has 3 heterocycles. The van der Waals surface area contributed by atoms with E-state index in [0.29, 0.717) is 5.54 Å². The fourth-order valence-electron chi connectivity index (χ4n) is 4.08. The fraction of sp³-hybridized carbons (Fsp3) is 1.00. The van der Waals surface area contributed by atoms with Crippen LogP contribution in [-0.2, 0) is 4.74 Å². The molecule has 3 aliphatic heterocycles. The Morgan fingerprint density at radius 2 is 2.24 bits per heavy atom. The van der Waals surface area contributed by atoms with Crippen LogP contribution in [0.15, 0.2) is 0 Å². The van der Waals surface area contributed by atoms with Gasteiger partial charge in [-0.2, -0.15) is 0 Å². The third kappa shape index (κ3) is 2.13. The first-order chi connectivity index (χ1) is 8.18. The van der Waals surface area contributed by atoms with Crippen LogP contribution in [0, 0.1) is 17.8 Å². The molecule has 0 bridgehead atoms. The quantitative estimate of drug-likeness (QED) is 0.786. The molecule has 3 saturated heterocycles. The zero-order chi connectivity index (χ0) is 11.9. The van der Waals surface area contributed by atoms with Crippen molar-refractivity contribution < 1.29 is 4.74 Å². The minimum Gasteiger partial charge on any atom is -0.381 e. The van der Waals surface area contributed by atoms with E-state index in [1.165, 1.54) is 39.0 Å². The first-order valence-electron chi connectivity index (χ1n) is 7.21. The molecule has 1 N–H and O–H groups in total. The minimum absolute atomic E-state index is 0.381. The number of nitrogens with zero attached hydrogens (tertiary/aromatic N) is 1. The van der Waals surface area contributed by atoms with Gasteiger partial charge in [-0.3, -0.25) is 4.90 Å². The molecule has 3 fully saturated rings. The van der Waals surface area contributed by atoms with Gasteiger partial charge in [-0.25, -0.2) is 0 Å². The summed E-state index contributed by atoms with van der Waals surface area (Å²) < 4.78 is 5.62. The highest BCUT2D eigenvalue weighted by atomic mass is 16.5. The Labute approximate surface area is 105 Å². The third-order valence-electron chi connectivity index (χ3n) is 5.25. The minimum atomic E-state index is 0.381. The lowest BCUT2D eigenvalue weighted by Crippen LogP contribution is -2.47. The summed E-state index contributed by atoms with van der Waals surface area (Å²) in [6, 6.07) is 0. The first-order valence-corrected chi connectivity index (χ1v) is 7.21. The Bertz CT molecular complexity index is 273. The summed E-state index contributed by atoms with van der Waals surface area (Å²) in [5, 5.41) is 3.55. The van der Waals surface area contributed by atoms with E-state index in [0.717, 1.165) is 31.0 Å². The Balaban J connectivity index is 1.63. The van der Waals surface area contributed by atoms with Gasteiger partial charge < -0.3 is 10.1 Å². The van der Waals surface area contributed by atoms with Crippen LogP contribution >= 0.6 is 0 Å². The second-order valence-corrected chi connectivity index (χ2v) is 6.67. The van der Waals surface area contributed by atoms with Crippen LogP contribution in [0.5, 0.6) is 0 Å². The molecule has 3 aliphatic rings. The van der Waals surface area contributed by atoms with Crippen LogP contribution < -0.4 is 5.32 Å². The average molecular weight is 238 g/mol. The largest absolute Gasteiger partial charge is 0.381 e. The van der Waals surface area contributed by atoms with E-state index in [9.17, 15) is 0 Å². The Kier molecular flexibility index (Phi) is 3.18. The van der Waals surface area contributed by atoms with Crippen molar-refractivity contribution in [3.63, 3.8) is 0 Å². The molecular weight excluding hydrogens is 212 g/mol. The molecule has 0 saturated carbocycles. The molecule has 0 spiro atoms. The van der Waals surface area contributed by atoms with E-state index in [2.05, 4.69) is 24.1 Å². The summed E-state index contributed by atoms with van der Waals surface area (Å²) in [4.78, 5) is 2.74. The van der Waals surface area contributed by atoms with Crippen LogP contribution in [0.4, 0.5) is 0 Å². The fourth-order valence-corrected chi connectivity index (χ4v) is 4.08. The molecule has 3 rings (SSSR count). The lowest BCUT2D eigenvalue weighted by atomic mass is 9.84. The second kappa shape index (κ2) is 4.52. The van der Waals surface area contributed by atoms with Gasteiger partial charge in [-0.1, -0.05) is 0 Å². The standard InChI is InChI=1S/C14H26N2O/c1-14(2)13-7-15-6-12(13)9-16(14)8-11-4-3-5-17-10-11/h11-13,15H,3-10H2,1-2H3. The van der Waals surface area contributed by atoms with Gasteiger partial charge in [0.15, 0.2) is 0 Å². The summed E-state index contributed by atoms with van der Waals surface area (Å²) >= 11 is 0. The van der Waals surface area contributed by atoms with Crippen molar-refractivity contribution in [1.82, 2.24) is 10.2 Å². The molecule has 0 aromatic carbocycles. The lowest BCUT2D eigenvalue weighted by molar-refractivity contribution is 0.0232. The maximum absolute atomic E-state index is 5.62. The molecule has 3 nitrogen and oxygen atoms in total. The van der Waals surface area contributed by atoms with Crippen LogP contribution in [-0.4, -0.2) is 49.8 Å². The SMILES string of the molecule is CC1(C)C2CNCC2CN1CC1CCCOC1. The molecule has 17 heavy (non-hydrogen) atoms. The van der Waals surface area contributed by atoms with E-state index in [1.807, 2.05) is 0 Å². The number of rotatable bonds is 2. The topological polar surface area (TPSA) is 24.5 Å². The number of hydrogen-bond donors (Lipinski definition) is 1. The summed E-state index contributed by atoms with van der Waals surface area (Å²) in [6.07, 6.45) is 2.62. The molecule has 0 amide bonds. The molecular formula is C14H26N2O. The maximum atomic E-state index is 5.62. The number of nitrogens with one attached hydrogen (secondary N) is 1. The zero-order valence-corrected chi connectivity index (χ0v) is 11.2. The van der Waals surface area contributed by atoms with Crippen LogP contribution in [0.1, 0.15) is 26.7 Å². The Hall–Kier alpha value is -0.120. The van der Waals surface area contributed by atoms with E-state index >= 15 is 0 Å². The highest BCUT2D eigenvalue weighted by Crippen LogP contribution is 2.41. The van der Waals surface area contributed by atoms with Crippen molar-refractivity contribution in [2.45, 2.75) is 32.2 Å². The Morgan fingerprint density at radius 1 is 1.35 bits per heavy atom. The smallest absolute Gasteiger partial charge is 0.0506 e. The van der Waals surface area contributed by atoms with Crippen molar-refractivity contribution in [3.8, 4) is 0 Å². The van der Waals surface area contributed by atoms with E-state index in [-0.39, 0.29) is 0 Å². The monoisotopic (exact) mass is 238 g/mol.